The Bertz CT molecular complexity index is 1200. The van der Waals surface area contributed by atoms with Crippen LogP contribution in [0, 0.1) is 0 Å². The van der Waals surface area contributed by atoms with Crippen molar-refractivity contribution in [1.29, 1.82) is 0 Å². The van der Waals surface area contributed by atoms with Gasteiger partial charge in [-0.3, -0.25) is 4.79 Å². The van der Waals surface area contributed by atoms with Crippen LogP contribution in [0.15, 0.2) is 90.0 Å². The van der Waals surface area contributed by atoms with Crippen molar-refractivity contribution in [3.63, 3.8) is 0 Å². The lowest BCUT2D eigenvalue weighted by molar-refractivity contribution is 0.0952. The van der Waals surface area contributed by atoms with Crippen LogP contribution in [0.5, 0.6) is 5.75 Å². The number of phenolic OH excluding ortho intramolecular Hbond substituents is 1. The van der Waals surface area contributed by atoms with E-state index in [0.29, 0.717) is 15.8 Å². The van der Waals surface area contributed by atoms with E-state index < -0.39 is 5.91 Å². The zero-order valence-electron chi connectivity index (χ0n) is 15.6. The number of benzene rings is 4. The summed E-state index contributed by atoms with van der Waals surface area (Å²) in [5.74, 6) is -0.625. The van der Waals surface area contributed by atoms with Crippen molar-refractivity contribution in [1.82, 2.24) is 5.43 Å². The van der Waals surface area contributed by atoms with E-state index in [2.05, 4.69) is 10.5 Å². The van der Waals surface area contributed by atoms with E-state index in [4.69, 9.17) is 23.2 Å². The predicted molar refractivity (Wildman–Crippen MR) is 122 cm³/mol. The van der Waals surface area contributed by atoms with Crippen LogP contribution in [-0.2, 0) is 0 Å². The molecule has 0 atom stereocenters. The number of rotatable bonds is 4. The number of amides is 1. The first-order chi connectivity index (χ1) is 14.5. The van der Waals surface area contributed by atoms with Gasteiger partial charge in [-0.2, -0.15) is 5.10 Å². The minimum atomic E-state index is -0.515. The van der Waals surface area contributed by atoms with Crippen molar-refractivity contribution < 1.29 is 9.90 Å². The Labute approximate surface area is 183 Å². The SMILES string of the molecule is O=C(NN=C(c1ccc(Cl)cc1)c1ccc(Cl)cc1)c1cc2ccccc2cc1O. The van der Waals surface area contributed by atoms with E-state index in [1.54, 1.807) is 36.4 Å². The number of hydrazone groups is 1. The van der Waals surface area contributed by atoms with Gasteiger partial charge in [0.05, 0.1) is 11.3 Å². The molecule has 4 aromatic rings. The number of fused-ring (bicyclic) bond motifs is 1. The molecule has 4 rings (SSSR count). The highest BCUT2D eigenvalue weighted by Gasteiger charge is 2.14. The molecule has 0 saturated heterocycles. The monoisotopic (exact) mass is 434 g/mol. The molecule has 0 aliphatic rings. The summed E-state index contributed by atoms with van der Waals surface area (Å²) in [5.41, 5.74) is 4.77. The second-order valence-corrected chi connectivity index (χ2v) is 7.50. The van der Waals surface area contributed by atoms with Crippen LogP contribution >= 0.6 is 23.2 Å². The van der Waals surface area contributed by atoms with E-state index in [9.17, 15) is 9.90 Å². The number of halogens is 2. The van der Waals surface area contributed by atoms with Crippen molar-refractivity contribution >= 4 is 45.6 Å². The summed E-state index contributed by atoms with van der Waals surface area (Å²) in [6.07, 6.45) is 0. The van der Waals surface area contributed by atoms with Gasteiger partial charge in [0.2, 0.25) is 0 Å². The molecule has 0 heterocycles. The van der Waals surface area contributed by atoms with Gasteiger partial charge in [0.25, 0.3) is 5.91 Å². The summed E-state index contributed by atoms with van der Waals surface area (Å²) in [7, 11) is 0. The lowest BCUT2D eigenvalue weighted by atomic mass is 10.0. The van der Waals surface area contributed by atoms with Gasteiger partial charge in [-0.25, -0.2) is 5.43 Å². The molecule has 0 aliphatic carbocycles. The maximum absolute atomic E-state index is 12.8. The summed E-state index contributed by atoms with van der Waals surface area (Å²) >= 11 is 12.0. The quantitative estimate of drug-likeness (QED) is 0.304. The van der Waals surface area contributed by atoms with Crippen LogP contribution in [0.3, 0.4) is 0 Å². The summed E-state index contributed by atoms with van der Waals surface area (Å²) < 4.78 is 0. The standard InChI is InChI=1S/C24H16Cl2N2O2/c25-19-9-5-15(6-10-19)23(16-7-11-20(26)12-8-16)27-28-24(30)21-13-17-3-1-2-4-18(17)14-22(21)29/h1-14,29H,(H,28,30). The second kappa shape index (κ2) is 8.57. The molecule has 1 amide bonds. The zero-order valence-corrected chi connectivity index (χ0v) is 17.2. The van der Waals surface area contributed by atoms with Crippen LogP contribution < -0.4 is 5.43 Å². The maximum atomic E-state index is 12.8. The van der Waals surface area contributed by atoms with Crippen molar-refractivity contribution in [2.75, 3.05) is 0 Å². The molecule has 0 fully saturated rings. The lowest BCUT2D eigenvalue weighted by Gasteiger charge is -2.10. The molecule has 30 heavy (non-hydrogen) atoms. The van der Waals surface area contributed by atoms with Gasteiger partial charge in [-0.1, -0.05) is 71.7 Å². The Morgan fingerprint density at radius 3 is 1.80 bits per heavy atom. The van der Waals surface area contributed by atoms with E-state index in [1.807, 2.05) is 48.5 Å². The van der Waals surface area contributed by atoms with Crippen molar-refractivity contribution in [3.05, 3.63) is 112 Å². The second-order valence-electron chi connectivity index (χ2n) is 6.63. The number of carbonyl (C=O) groups is 1. The Morgan fingerprint density at radius 2 is 1.27 bits per heavy atom. The highest BCUT2D eigenvalue weighted by atomic mass is 35.5. The van der Waals surface area contributed by atoms with Gasteiger partial charge >= 0.3 is 0 Å². The van der Waals surface area contributed by atoms with Crippen molar-refractivity contribution in [2.45, 2.75) is 0 Å². The topological polar surface area (TPSA) is 61.7 Å². The number of nitrogens with one attached hydrogen (secondary N) is 1. The van der Waals surface area contributed by atoms with Gasteiger partial charge in [0.15, 0.2) is 0 Å². The van der Waals surface area contributed by atoms with Gasteiger partial charge in [0.1, 0.15) is 5.75 Å². The Morgan fingerprint density at radius 1 is 0.767 bits per heavy atom. The number of carbonyl (C=O) groups excluding carboxylic acids is 1. The van der Waals surface area contributed by atoms with E-state index in [-0.39, 0.29) is 11.3 Å². The first kappa shape index (κ1) is 20.0. The molecule has 4 aromatic carbocycles. The summed E-state index contributed by atoms with van der Waals surface area (Å²) in [6, 6.07) is 24.9. The minimum absolute atomic E-state index is 0.110. The fourth-order valence-corrected chi connectivity index (χ4v) is 3.34. The molecular weight excluding hydrogens is 419 g/mol. The molecule has 0 aromatic heterocycles. The number of nitrogens with zero attached hydrogens (tertiary/aromatic N) is 1. The van der Waals surface area contributed by atoms with Crippen molar-refractivity contribution in [2.24, 2.45) is 5.10 Å². The molecule has 0 aliphatic heterocycles. The third-order valence-corrected chi connectivity index (χ3v) is 5.12. The molecule has 0 spiro atoms. The average Bonchev–Trinajstić information content (AvgIpc) is 2.75. The molecular formula is C24H16Cl2N2O2. The summed E-state index contributed by atoms with van der Waals surface area (Å²) in [4.78, 5) is 12.8. The smallest absolute Gasteiger partial charge is 0.275 e. The normalized spacial score (nSPS) is 10.6. The third-order valence-electron chi connectivity index (χ3n) is 4.61. The maximum Gasteiger partial charge on any atom is 0.275 e. The van der Waals surface area contributed by atoms with Crippen molar-refractivity contribution in [3.8, 4) is 5.75 Å². The molecule has 0 radical (unpaired) electrons. The third kappa shape index (κ3) is 4.30. The summed E-state index contributed by atoms with van der Waals surface area (Å²) in [5, 5.41) is 17.5. The number of hydrogen-bond acceptors (Lipinski definition) is 3. The van der Waals surface area contributed by atoms with Gasteiger partial charge < -0.3 is 5.11 Å². The van der Waals surface area contributed by atoms with Gasteiger partial charge in [0, 0.05) is 21.2 Å². The Kier molecular flexibility index (Phi) is 5.70. The lowest BCUT2D eigenvalue weighted by Crippen LogP contribution is -2.20. The van der Waals surface area contributed by atoms with Crippen LogP contribution in [0.2, 0.25) is 10.0 Å². The molecule has 0 bridgehead atoms. The Hall–Kier alpha value is -3.34. The Balaban J connectivity index is 1.70. The van der Waals surface area contributed by atoms with E-state index >= 15 is 0 Å². The van der Waals surface area contributed by atoms with Crippen LogP contribution in [0.4, 0.5) is 0 Å². The van der Waals surface area contributed by atoms with Crippen LogP contribution in [-0.4, -0.2) is 16.7 Å². The highest BCUT2D eigenvalue weighted by molar-refractivity contribution is 6.31. The number of hydrogen-bond donors (Lipinski definition) is 2. The first-order valence-electron chi connectivity index (χ1n) is 9.13. The van der Waals surface area contributed by atoms with Gasteiger partial charge in [-0.15, -0.1) is 0 Å². The highest BCUT2D eigenvalue weighted by Crippen LogP contribution is 2.25. The largest absolute Gasteiger partial charge is 0.507 e. The molecule has 148 valence electrons. The molecule has 6 heteroatoms. The fourth-order valence-electron chi connectivity index (χ4n) is 3.09. The van der Waals surface area contributed by atoms with Crippen LogP contribution in [0.1, 0.15) is 21.5 Å². The fraction of sp³-hybridized carbons (Fsp3) is 0. The molecule has 2 N–H and O–H groups in total. The first-order valence-corrected chi connectivity index (χ1v) is 9.88. The molecule has 4 nitrogen and oxygen atoms in total. The summed E-state index contributed by atoms with van der Waals surface area (Å²) in [6.45, 7) is 0. The zero-order chi connectivity index (χ0) is 21.1. The van der Waals surface area contributed by atoms with E-state index in [0.717, 1.165) is 21.9 Å². The van der Waals surface area contributed by atoms with Crippen LogP contribution in [0.25, 0.3) is 10.8 Å². The average molecular weight is 435 g/mol. The molecule has 0 unspecified atom stereocenters. The molecule has 0 saturated carbocycles. The minimum Gasteiger partial charge on any atom is -0.507 e. The van der Waals surface area contributed by atoms with Gasteiger partial charge in [-0.05, 0) is 47.2 Å². The number of phenols is 1. The number of aromatic hydroxyl groups is 1. The predicted octanol–water partition coefficient (Wildman–Crippen LogP) is 6.03. The van der Waals surface area contributed by atoms with E-state index in [1.165, 1.54) is 0 Å².